The molecule has 3 atom stereocenters. The van der Waals surface area contributed by atoms with E-state index in [0.717, 1.165) is 29.7 Å². The van der Waals surface area contributed by atoms with Crippen LogP contribution < -0.4 is 4.90 Å². The second-order valence-electron chi connectivity index (χ2n) is 7.07. The minimum Gasteiger partial charge on any atom is -0.465 e. The number of hydrogen-bond acceptors (Lipinski definition) is 3. The van der Waals surface area contributed by atoms with Crippen LogP contribution in [-0.4, -0.2) is 24.5 Å². The summed E-state index contributed by atoms with van der Waals surface area (Å²) in [5.74, 6) is -1.70. The summed E-state index contributed by atoms with van der Waals surface area (Å²) in [7, 11) is 0. The minimum absolute atomic E-state index is 0.0878. The first kappa shape index (κ1) is 16.8. The van der Waals surface area contributed by atoms with Crippen molar-refractivity contribution in [1.82, 2.24) is 0 Å². The van der Waals surface area contributed by atoms with Crippen molar-refractivity contribution in [3.8, 4) is 0 Å². The maximum absolute atomic E-state index is 13.4. The fraction of sp³-hybridized carbons (Fsp3) is 0.364. The van der Waals surface area contributed by atoms with Crippen molar-refractivity contribution in [2.45, 2.75) is 38.6 Å². The van der Waals surface area contributed by atoms with Crippen LogP contribution in [0.5, 0.6) is 0 Å². The van der Waals surface area contributed by atoms with Crippen molar-refractivity contribution in [3.05, 3.63) is 65.2 Å². The predicted molar refractivity (Wildman–Crippen MR) is 100 cm³/mol. The van der Waals surface area contributed by atoms with Crippen LogP contribution in [0.2, 0.25) is 0 Å². The van der Waals surface area contributed by atoms with E-state index in [1.807, 2.05) is 41.3 Å². The monoisotopic (exact) mass is 349 g/mol. The average molecular weight is 349 g/mol. The Hall–Kier alpha value is -2.62. The van der Waals surface area contributed by atoms with E-state index in [-0.39, 0.29) is 24.5 Å². The number of ether oxygens (including phenoxy) is 1. The van der Waals surface area contributed by atoms with Crippen LogP contribution in [-0.2, 0) is 20.7 Å². The molecule has 0 spiro atoms. The lowest BCUT2D eigenvalue weighted by atomic mass is 9.73. The Balaban J connectivity index is 1.95. The Kier molecular flexibility index (Phi) is 4.27. The minimum atomic E-state index is -0.833. The molecule has 0 saturated heterocycles. The lowest BCUT2D eigenvalue weighted by Gasteiger charge is -2.45. The Bertz CT molecular complexity index is 846. The molecule has 0 bridgehead atoms. The van der Waals surface area contributed by atoms with Gasteiger partial charge in [0.15, 0.2) is 0 Å². The van der Waals surface area contributed by atoms with Gasteiger partial charge >= 0.3 is 5.97 Å². The fourth-order valence-electron chi connectivity index (χ4n) is 4.37. The van der Waals surface area contributed by atoms with Gasteiger partial charge in [0.25, 0.3) is 0 Å². The summed E-state index contributed by atoms with van der Waals surface area (Å²) in [6, 6.07) is 16.1. The summed E-state index contributed by atoms with van der Waals surface area (Å²) in [5.41, 5.74) is 4.23. The van der Waals surface area contributed by atoms with E-state index in [9.17, 15) is 9.59 Å². The molecule has 0 radical (unpaired) electrons. The van der Waals surface area contributed by atoms with Crippen molar-refractivity contribution in [2.75, 3.05) is 11.5 Å². The molecule has 3 unspecified atom stereocenters. The topological polar surface area (TPSA) is 46.6 Å². The number of anilines is 1. The van der Waals surface area contributed by atoms with Crippen LogP contribution in [0.15, 0.2) is 48.5 Å². The number of carbonyl (C=O) groups excluding carboxylic acids is 2. The number of nitrogens with zero attached hydrogens (tertiary/aromatic N) is 1. The van der Waals surface area contributed by atoms with E-state index in [1.54, 1.807) is 6.92 Å². The molecule has 0 aromatic heterocycles. The summed E-state index contributed by atoms with van der Waals surface area (Å²) in [4.78, 5) is 28.1. The predicted octanol–water partition coefficient (Wildman–Crippen LogP) is 3.68. The molecule has 0 fully saturated rings. The SMILES string of the molecule is CCOC(=O)C1C(=O)N2c3c(cccc3C1c1ccccc1)CCC2C. The highest BCUT2D eigenvalue weighted by molar-refractivity contribution is 6.11. The second-order valence-corrected chi connectivity index (χ2v) is 7.07. The van der Waals surface area contributed by atoms with Crippen LogP contribution >= 0.6 is 0 Å². The molecule has 4 rings (SSSR count). The Morgan fingerprint density at radius 1 is 1.15 bits per heavy atom. The van der Waals surface area contributed by atoms with Crippen molar-refractivity contribution >= 4 is 17.6 Å². The third kappa shape index (κ3) is 2.52. The first-order chi connectivity index (χ1) is 12.6. The van der Waals surface area contributed by atoms with E-state index >= 15 is 0 Å². The van der Waals surface area contributed by atoms with Crippen molar-refractivity contribution in [3.63, 3.8) is 0 Å². The van der Waals surface area contributed by atoms with E-state index in [1.165, 1.54) is 5.56 Å². The summed E-state index contributed by atoms with van der Waals surface area (Å²) in [6.45, 7) is 4.10. The Labute approximate surface area is 153 Å². The summed E-state index contributed by atoms with van der Waals surface area (Å²) in [5, 5.41) is 0. The van der Waals surface area contributed by atoms with Gasteiger partial charge in [0.1, 0.15) is 5.92 Å². The van der Waals surface area contributed by atoms with Crippen molar-refractivity contribution in [1.29, 1.82) is 0 Å². The van der Waals surface area contributed by atoms with Gasteiger partial charge in [-0.15, -0.1) is 0 Å². The standard InChI is InChI=1S/C22H23NO3/c1-3-26-22(25)19-18(15-8-5-4-6-9-15)17-11-7-10-16-13-12-14(2)23(20(16)17)21(19)24/h4-11,14,18-19H,3,12-13H2,1-2H3. The number of rotatable bonds is 3. The van der Waals surface area contributed by atoms with Gasteiger partial charge in [-0.3, -0.25) is 9.59 Å². The lowest BCUT2D eigenvalue weighted by molar-refractivity contribution is -0.152. The molecule has 4 nitrogen and oxygen atoms in total. The zero-order chi connectivity index (χ0) is 18.3. The smallest absolute Gasteiger partial charge is 0.319 e. The van der Waals surface area contributed by atoms with Gasteiger partial charge in [-0.2, -0.15) is 0 Å². The fourth-order valence-corrected chi connectivity index (χ4v) is 4.37. The number of esters is 1. The number of amides is 1. The van der Waals surface area contributed by atoms with E-state index in [2.05, 4.69) is 19.1 Å². The van der Waals surface area contributed by atoms with Crippen molar-refractivity contribution < 1.29 is 14.3 Å². The molecular weight excluding hydrogens is 326 g/mol. The number of benzene rings is 2. The van der Waals surface area contributed by atoms with Gasteiger partial charge in [0.05, 0.1) is 12.3 Å². The van der Waals surface area contributed by atoms with Gasteiger partial charge in [-0.1, -0.05) is 48.5 Å². The first-order valence-corrected chi connectivity index (χ1v) is 9.30. The average Bonchev–Trinajstić information content (AvgIpc) is 2.66. The van der Waals surface area contributed by atoms with Gasteiger partial charge in [-0.05, 0) is 43.4 Å². The Morgan fingerprint density at radius 3 is 2.65 bits per heavy atom. The highest BCUT2D eigenvalue weighted by atomic mass is 16.5. The number of hydrogen-bond donors (Lipinski definition) is 0. The number of para-hydroxylation sites is 1. The van der Waals surface area contributed by atoms with Gasteiger partial charge in [0, 0.05) is 12.0 Å². The molecular formula is C22H23NO3. The largest absolute Gasteiger partial charge is 0.465 e. The highest BCUT2D eigenvalue weighted by Crippen LogP contribution is 2.48. The van der Waals surface area contributed by atoms with Crippen molar-refractivity contribution in [2.24, 2.45) is 5.92 Å². The molecule has 26 heavy (non-hydrogen) atoms. The normalized spacial score (nSPS) is 24.2. The zero-order valence-electron chi connectivity index (χ0n) is 15.1. The van der Waals surface area contributed by atoms with Crippen LogP contribution in [0.4, 0.5) is 5.69 Å². The summed E-state index contributed by atoms with van der Waals surface area (Å²) < 4.78 is 5.31. The number of aryl methyl sites for hydroxylation is 1. The highest BCUT2D eigenvalue weighted by Gasteiger charge is 2.48. The van der Waals surface area contributed by atoms with Gasteiger partial charge in [0.2, 0.25) is 5.91 Å². The molecule has 0 aliphatic carbocycles. The molecule has 0 N–H and O–H groups in total. The van der Waals surface area contributed by atoms with E-state index < -0.39 is 11.9 Å². The summed E-state index contributed by atoms with van der Waals surface area (Å²) >= 11 is 0. The third-order valence-corrected chi connectivity index (χ3v) is 5.54. The number of carbonyl (C=O) groups is 2. The van der Waals surface area contributed by atoms with Crippen LogP contribution in [0.25, 0.3) is 0 Å². The van der Waals surface area contributed by atoms with Crippen LogP contribution in [0.1, 0.15) is 42.9 Å². The molecule has 2 aliphatic rings. The molecule has 1 amide bonds. The molecule has 4 heteroatoms. The maximum atomic E-state index is 13.4. The molecule has 0 saturated carbocycles. The van der Waals surface area contributed by atoms with E-state index in [0.29, 0.717) is 0 Å². The molecule has 2 aromatic rings. The Morgan fingerprint density at radius 2 is 1.92 bits per heavy atom. The van der Waals surface area contributed by atoms with E-state index in [4.69, 9.17) is 4.74 Å². The maximum Gasteiger partial charge on any atom is 0.319 e. The third-order valence-electron chi connectivity index (χ3n) is 5.54. The molecule has 2 aromatic carbocycles. The molecule has 2 aliphatic heterocycles. The lowest BCUT2D eigenvalue weighted by Crippen LogP contribution is -2.52. The molecule has 134 valence electrons. The van der Waals surface area contributed by atoms with Gasteiger partial charge in [-0.25, -0.2) is 0 Å². The second kappa shape index (κ2) is 6.60. The zero-order valence-corrected chi connectivity index (χ0v) is 15.1. The summed E-state index contributed by atoms with van der Waals surface area (Å²) in [6.07, 6.45) is 1.87. The first-order valence-electron chi connectivity index (χ1n) is 9.30. The van der Waals surface area contributed by atoms with Gasteiger partial charge < -0.3 is 9.64 Å². The van der Waals surface area contributed by atoms with Crippen LogP contribution in [0.3, 0.4) is 0 Å². The molecule has 2 heterocycles. The van der Waals surface area contributed by atoms with Crippen LogP contribution in [0, 0.1) is 5.92 Å². The quantitative estimate of drug-likeness (QED) is 0.627.